The predicted molar refractivity (Wildman–Crippen MR) is 89.1 cm³/mol. The molecule has 25 heavy (non-hydrogen) atoms. The Kier molecular flexibility index (Phi) is 4.69. The van der Waals surface area contributed by atoms with Crippen molar-refractivity contribution in [3.63, 3.8) is 0 Å². The summed E-state index contributed by atoms with van der Waals surface area (Å²) >= 11 is 0. The molecule has 1 aromatic rings. The third kappa shape index (κ3) is 3.27. The number of pyridine rings is 1. The molecule has 3 saturated heterocycles. The average molecular weight is 350 g/mol. The quantitative estimate of drug-likeness (QED) is 0.869. The summed E-state index contributed by atoms with van der Waals surface area (Å²) in [7, 11) is 0. The number of hydrogen-bond acceptors (Lipinski definition) is 4. The van der Waals surface area contributed by atoms with E-state index in [-0.39, 0.29) is 11.7 Å². The molecule has 2 N–H and O–H groups in total. The molecule has 0 unspecified atom stereocenters. The Balaban J connectivity index is 1.46. The first kappa shape index (κ1) is 16.8. The van der Waals surface area contributed by atoms with Crippen LogP contribution in [-0.4, -0.2) is 54.1 Å². The summed E-state index contributed by atoms with van der Waals surface area (Å²) in [5.74, 6) is -1.08. The van der Waals surface area contributed by atoms with Crippen LogP contribution >= 0.6 is 0 Å². The van der Waals surface area contributed by atoms with Crippen LogP contribution in [0, 0.1) is 23.5 Å². The fourth-order valence-corrected chi connectivity index (χ4v) is 4.91. The number of halogens is 2. The van der Waals surface area contributed by atoms with E-state index >= 15 is 0 Å². The van der Waals surface area contributed by atoms with E-state index in [0.717, 1.165) is 25.8 Å². The topological polar surface area (TPSA) is 57.3 Å². The zero-order valence-electron chi connectivity index (χ0n) is 14.2. The molecule has 5 nitrogen and oxygen atoms in total. The third-order valence-corrected chi connectivity index (χ3v) is 6.02. The molecule has 4 rings (SSSR count). The van der Waals surface area contributed by atoms with Crippen molar-refractivity contribution < 1.29 is 13.6 Å². The van der Waals surface area contributed by atoms with E-state index in [1.807, 2.05) is 0 Å². The van der Waals surface area contributed by atoms with Gasteiger partial charge in [0.15, 0.2) is 11.5 Å². The maximum atomic E-state index is 13.8. The Labute approximate surface area is 146 Å². The number of rotatable bonds is 3. The molecular formula is C18H24F2N4O. The number of carbonyl (C=O) groups excluding carboxylic acids is 1. The largest absolute Gasteiger partial charge is 0.349 e. The molecule has 0 aromatic carbocycles. The van der Waals surface area contributed by atoms with E-state index in [0.29, 0.717) is 30.5 Å². The van der Waals surface area contributed by atoms with Crippen LogP contribution in [0.3, 0.4) is 0 Å². The Hall–Kier alpha value is -1.60. The van der Waals surface area contributed by atoms with E-state index < -0.39 is 17.5 Å². The predicted octanol–water partition coefficient (Wildman–Crippen LogP) is 1.55. The lowest BCUT2D eigenvalue weighted by Gasteiger charge is -2.55. The van der Waals surface area contributed by atoms with Gasteiger partial charge in [0, 0.05) is 24.7 Å². The van der Waals surface area contributed by atoms with Crippen LogP contribution in [-0.2, 0) is 0 Å². The van der Waals surface area contributed by atoms with Crippen molar-refractivity contribution in [2.24, 2.45) is 11.8 Å². The number of piperidine rings is 3. The standard InChI is InChI=1S/C18H24F2N4O/c19-13-6-14(20)17(22-9-13)18(25)23-10-16-12-5-11(7-21-8-12)15-3-1-2-4-24(15)16/h6,9,11-12,15-16,21H,1-5,7-8,10H2,(H,23,25)/t11-,12+,15+,16+/m1/s1. The normalized spacial score (nSPS) is 32.1. The maximum absolute atomic E-state index is 13.8. The molecule has 3 fully saturated rings. The van der Waals surface area contributed by atoms with Crippen LogP contribution in [0.1, 0.15) is 36.2 Å². The van der Waals surface area contributed by atoms with Gasteiger partial charge in [0.2, 0.25) is 0 Å². The van der Waals surface area contributed by atoms with Crippen LogP contribution < -0.4 is 10.6 Å². The summed E-state index contributed by atoms with van der Waals surface area (Å²) < 4.78 is 26.7. The Morgan fingerprint density at radius 1 is 1.32 bits per heavy atom. The molecule has 4 heterocycles. The SMILES string of the molecule is O=C(NC[C@H]1[C@@H]2CNC[C@@H](C2)[C@@H]2CCCCN21)c1ncc(F)cc1F. The number of fused-ring (bicyclic) bond motifs is 4. The van der Waals surface area contributed by atoms with Gasteiger partial charge < -0.3 is 10.6 Å². The lowest BCUT2D eigenvalue weighted by atomic mass is 9.73. The summed E-state index contributed by atoms with van der Waals surface area (Å²) in [6.45, 7) is 3.60. The second-order valence-electron chi connectivity index (χ2n) is 7.48. The van der Waals surface area contributed by atoms with E-state index in [1.165, 1.54) is 25.7 Å². The number of carbonyl (C=O) groups is 1. The van der Waals surface area contributed by atoms with Crippen molar-refractivity contribution in [1.82, 2.24) is 20.5 Å². The minimum absolute atomic E-state index is 0.266. The molecular weight excluding hydrogens is 326 g/mol. The van der Waals surface area contributed by atoms with Crippen molar-refractivity contribution in [3.8, 4) is 0 Å². The van der Waals surface area contributed by atoms with Gasteiger partial charge >= 0.3 is 0 Å². The molecule has 0 radical (unpaired) electrons. The maximum Gasteiger partial charge on any atom is 0.272 e. The van der Waals surface area contributed by atoms with Crippen LogP contribution in [0.5, 0.6) is 0 Å². The van der Waals surface area contributed by atoms with Crippen molar-refractivity contribution in [2.75, 3.05) is 26.2 Å². The van der Waals surface area contributed by atoms with Crippen molar-refractivity contribution in [3.05, 3.63) is 29.6 Å². The molecule has 2 bridgehead atoms. The Morgan fingerprint density at radius 2 is 2.16 bits per heavy atom. The van der Waals surface area contributed by atoms with E-state index in [2.05, 4.69) is 20.5 Å². The van der Waals surface area contributed by atoms with Crippen LogP contribution in [0.25, 0.3) is 0 Å². The smallest absolute Gasteiger partial charge is 0.272 e. The van der Waals surface area contributed by atoms with Crippen molar-refractivity contribution in [2.45, 2.75) is 37.8 Å². The van der Waals surface area contributed by atoms with Gasteiger partial charge in [0.1, 0.15) is 5.82 Å². The molecule has 4 atom stereocenters. The molecule has 136 valence electrons. The Bertz CT molecular complexity index is 656. The summed E-state index contributed by atoms with van der Waals surface area (Å²) in [5, 5.41) is 6.36. The van der Waals surface area contributed by atoms with Crippen molar-refractivity contribution in [1.29, 1.82) is 0 Å². The lowest BCUT2D eigenvalue weighted by Crippen LogP contribution is -2.65. The minimum Gasteiger partial charge on any atom is -0.349 e. The monoisotopic (exact) mass is 350 g/mol. The highest BCUT2D eigenvalue weighted by Gasteiger charge is 2.45. The van der Waals surface area contributed by atoms with E-state index in [9.17, 15) is 13.6 Å². The summed E-state index contributed by atoms with van der Waals surface area (Å²) in [4.78, 5) is 18.4. The molecule has 3 aliphatic heterocycles. The molecule has 0 spiro atoms. The van der Waals surface area contributed by atoms with E-state index in [4.69, 9.17) is 0 Å². The number of hydrogen-bond donors (Lipinski definition) is 2. The third-order valence-electron chi connectivity index (χ3n) is 6.02. The second-order valence-corrected chi connectivity index (χ2v) is 7.48. The van der Waals surface area contributed by atoms with Crippen LogP contribution in [0.15, 0.2) is 12.3 Å². The number of nitrogens with zero attached hydrogens (tertiary/aromatic N) is 2. The summed E-state index contributed by atoms with van der Waals surface area (Å²) in [6, 6.07) is 1.54. The summed E-state index contributed by atoms with van der Waals surface area (Å²) in [5.41, 5.74) is -0.341. The van der Waals surface area contributed by atoms with Gasteiger partial charge in [-0.1, -0.05) is 6.42 Å². The van der Waals surface area contributed by atoms with E-state index in [1.54, 1.807) is 0 Å². The molecule has 7 heteroatoms. The number of aromatic nitrogens is 1. The van der Waals surface area contributed by atoms with Gasteiger partial charge in [0.25, 0.3) is 5.91 Å². The average Bonchev–Trinajstić information content (AvgIpc) is 2.62. The first-order valence-electron chi connectivity index (χ1n) is 9.19. The summed E-state index contributed by atoms with van der Waals surface area (Å²) in [6.07, 6.45) is 5.75. The Morgan fingerprint density at radius 3 is 3.00 bits per heavy atom. The number of nitrogens with one attached hydrogen (secondary N) is 2. The lowest BCUT2D eigenvalue weighted by molar-refractivity contribution is -0.0371. The van der Waals surface area contributed by atoms with Gasteiger partial charge in [0.05, 0.1) is 6.20 Å². The highest BCUT2D eigenvalue weighted by Crippen LogP contribution is 2.38. The fraction of sp³-hybridized carbons (Fsp3) is 0.667. The number of amides is 1. The first-order valence-corrected chi connectivity index (χ1v) is 9.19. The minimum atomic E-state index is -0.920. The zero-order valence-corrected chi connectivity index (χ0v) is 14.2. The van der Waals surface area contributed by atoms with Crippen LogP contribution in [0.2, 0.25) is 0 Å². The molecule has 0 aliphatic carbocycles. The fourth-order valence-electron chi connectivity index (χ4n) is 4.91. The van der Waals surface area contributed by atoms with Gasteiger partial charge in [-0.05, 0) is 50.7 Å². The zero-order chi connectivity index (χ0) is 17.4. The molecule has 0 saturated carbocycles. The first-order chi connectivity index (χ1) is 12.1. The molecule has 1 amide bonds. The van der Waals surface area contributed by atoms with Gasteiger partial charge in [-0.15, -0.1) is 0 Å². The van der Waals surface area contributed by atoms with Gasteiger partial charge in [-0.2, -0.15) is 0 Å². The molecule has 1 aromatic heterocycles. The molecule has 3 aliphatic rings. The highest BCUT2D eigenvalue weighted by molar-refractivity contribution is 5.92. The van der Waals surface area contributed by atoms with Gasteiger partial charge in [-0.3, -0.25) is 9.69 Å². The second kappa shape index (κ2) is 6.96. The highest BCUT2D eigenvalue weighted by atomic mass is 19.1. The van der Waals surface area contributed by atoms with Crippen LogP contribution in [0.4, 0.5) is 8.78 Å². The van der Waals surface area contributed by atoms with Crippen molar-refractivity contribution >= 4 is 5.91 Å². The van der Waals surface area contributed by atoms with Gasteiger partial charge in [-0.25, -0.2) is 13.8 Å².